The highest BCUT2D eigenvalue weighted by atomic mass is 32.2. The van der Waals surface area contributed by atoms with Gasteiger partial charge in [-0.1, -0.05) is 18.7 Å². The predicted octanol–water partition coefficient (Wildman–Crippen LogP) is 1.92. The largest absolute Gasteiger partial charge is 0.343 e. The summed E-state index contributed by atoms with van der Waals surface area (Å²) in [5.41, 5.74) is 0. The van der Waals surface area contributed by atoms with Gasteiger partial charge in [-0.05, 0) is 33.4 Å². The van der Waals surface area contributed by atoms with Crippen LogP contribution in [-0.2, 0) is 0 Å². The smallest absolute Gasteiger partial charge is 0.336 e. The maximum Gasteiger partial charge on any atom is 0.343 e. The molecule has 0 saturated carbocycles. The first-order valence-electron chi connectivity index (χ1n) is 5.89. The Balaban J connectivity index is 4.39. The molecule has 0 radical (unpaired) electrons. The summed E-state index contributed by atoms with van der Waals surface area (Å²) >= 11 is 1.21. The van der Waals surface area contributed by atoms with E-state index in [1.165, 1.54) is 11.8 Å². The summed E-state index contributed by atoms with van der Waals surface area (Å²) in [6.45, 7) is 7.57. The number of rotatable bonds is 3. The summed E-state index contributed by atoms with van der Waals surface area (Å²) in [6.07, 6.45) is 2.57. The van der Waals surface area contributed by atoms with Gasteiger partial charge in [-0.2, -0.15) is 4.99 Å². The van der Waals surface area contributed by atoms with Crippen molar-refractivity contribution in [1.29, 1.82) is 0 Å². The zero-order chi connectivity index (χ0) is 14.1. The van der Waals surface area contributed by atoms with Crippen molar-refractivity contribution < 1.29 is 9.59 Å². The third-order valence-corrected chi connectivity index (χ3v) is 2.60. The van der Waals surface area contributed by atoms with E-state index in [4.69, 9.17) is 0 Å². The highest BCUT2D eigenvalue weighted by Crippen LogP contribution is 1.97. The lowest BCUT2D eigenvalue weighted by molar-refractivity contribution is 0.243. The van der Waals surface area contributed by atoms with E-state index in [9.17, 15) is 9.59 Å². The van der Waals surface area contributed by atoms with Crippen molar-refractivity contribution in [2.24, 2.45) is 4.99 Å². The summed E-state index contributed by atoms with van der Waals surface area (Å²) < 4.78 is 0. The Bertz CT molecular complexity index is 318. The van der Waals surface area contributed by atoms with E-state index in [1.807, 2.05) is 27.7 Å². The van der Waals surface area contributed by atoms with Crippen LogP contribution in [-0.4, -0.2) is 35.6 Å². The summed E-state index contributed by atoms with van der Waals surface area (Å²) in [6, 6.07) is -0.719. The number of hydrogen-bond donors (Lipinski definition) is 3. The maximum absolute atomic E-state index is 11.5. The molecule has 0 fully saturated rings. The van der Waals surface area contributed by atoms with Crippen molar-refractivity contribution in [3.8, 4) is 0 Å². The Morgan fingerprint density at radius 1 is 1.22 bits per heavy atom. The van der Waals surface area contributed by atoms with Crippen molar-refractivity contribution >= 4 is 29.0 Å². The first kappa shape index (κ1) is 16.8. The summed E-state index contributed by atoms with van der Waals surface area (Å²) in [5.74, 6) is 0. The van der Waals surface area contributed by atoms with Crippen molar-refractivity contribution in [2.45, 2.75) is 46.2 Å². The SMILES string of the molecule is CCC(C)NC(=O)N=C(NC(=O)NC(C)C)SC. The van der Waals surface area contributed by atoms with Crippen LogP contribution in [0.1, 0.15) is 34.1 Å². The minimum absolute atomic E-state index is 0.0297. The fourth-order valence-electron chi connectivity index (χ4n) is 0.957. The highest BCUT2D eigenvalue weighted by Gasteiger charge is 2.09. The Hall–Kier alpha value is -1.24. The molecular weight excluding hydrogens is 252 g/mol. The van der Waals surface area contributed by atoms with Crippen molar-refractivity contribution in [3.63, 3.8) is 0 Å². The van der Waals surface area contributed by atoms with Crippen LogP contribution < -0.4 is 16.0 Å². The molecule has 104 valence electrons. The number of aliphatic imine (C=N–C) groups is 1. The lowest BCUT2D eigenvalue weighted by atomic mass is 10.3. The molecule has 0 spiro atoms. The van der Waals surface area contributed by atoms with Gasteiger partial charge in [-0.25, -0.2) is 9.59 Å². The Morgan fingerprint density at radius 2 is 1.83 bits per heavy atom. The van der Waals surface area contributed by atoms with E-state index in [2.05, 4.69) is 20.9 Å². The molecule has 0 aliphatic rings. The van der Waals surface area contributed by atoms with Crippen molar-refractivity contribution in [2.75, 3.05) is 6.26 Å². The summed E-state index contributed by atoms with van der Waals surface area (Å²) in [7, 11) is 0. The van der Waals surface area contributed by atoms with Crippen molar-refractivity contribution in [3.05, 3.63) is 0 Å². The van der Waals surface area contributed by atoms with E-state index in [1.54, 1.807) is 6.26 Å². The van der Waals surface area contributed by atoms with Gasteiger partial charge in [-0.15, -0.1) is 0 Å². The topological polar surface area (TPSA) is 82.6 Å². The van der Waals surface area contributed by atoms with Gasteiger partial charge < -0.3 is 10.6 Å². The predicted molar refractivity (Wildman–Crippen MR) is 76.0 cm³/mol. The molecule has 0 aliphatic carbocycles. The molecule has 1 unspecified atom stereocenters. The van der Waals surface area contributed by atoms with Gasteiger partial charge in [0.25, 0.3) is 0 Å². The third-order valence-electron chi connectivity index (χ3n) is 2.02. The van der Waals surface area contributed by atoms with E-state index in [0.717, 1.165) is 6.42 Å². The molecule has 0 aromatic heterocycles. The minimum Gasteiger partial charge on any atom is -0.336 e. The average molecular weight is 274 g/mol. The number of urea groups is 2. The molecule has 0 bridgehead atoms. The molecule has 4 amide bonds. The number of amidine groups is 1. The van der Waals surface area contributed by atoms with Crippen LogP contribution in [0.3, 0.4) is 0 Å². The van der Waals surface area contributed by atoms with Crippen LogP contribution in [0.25, 0.3) is 0 Å². The van der Waals surface area contributed by atoms with E-state index >= 15 is 0 Å². The Morgan fingerprint density at radius 3 is 2.28 bits per heavy atom. The second-order valence-electron chi connectivity index (χ2n) is 4.13. The molecule has 3 N–H and O–H groups in total. The summed E-state index contributed by atoms with van der Waals surface area (Å²) in [5, 5.41) is 8.15. The van der Waals surface area contributed by atoms with Gasteiger partial charge in [-0.3, -0.25) is 5.32 Å². The molecular formula is C11H22N4O2S. The third kappa shape index (κ3) is 7.94. The van der Waals surface area contributed by atoms with Gasteiger partial charge in [0, 0.05) is 12.1 Å². The molecule has 6 nitrogen and oxygen atoms in total. The standard InChI is InChI=1S/C11H22N4O2S/c1-6-8(4)13-10(17)15-11(18-5)14-9(16)12-7(2)3/h7-8H,6H2,1-5H3,(H3,12,13,14,15,16,17). The van der Waals surface area contributed by atoms with Gasteiger partial charge in [0.15, 0.2) is 5.17 Å². The van der Waals surface area contributed by atoms with Crippen LogP contribution in [0.4, 0.5) is 9.59 Å². The molecule has 0 aliphatic heterocycles. The average Bonchev–Trinajstić information content (AvgIpc) is 2.26. The molecule has 1 atom stereocenters. The quantitative estimate of drug-likeness (QED) is 0.543. The number of carbonyl (C=O) groups is 2. The second-order valence-corrected chi connectivity index (χ2v) is 4.93. The molecule has 7 heteroatoms. The van der Waals surface area contributed by atoms with Crippen LogP contribution in [0.2, 0.25) is 0 Å². The van der Waals surface area contributed by atoms with Gasteiger partial charge in [0.1, 0.15) is 0 Å². The lowest BCUT2D eigenvalue weighted by Crippen LogP contribution is -2.42. The number of nitrogens with zero attached hydrogens (tertiary/aromatic N) is 1. The number of nitrogens with one attached hydrogen (secondary N) is 3. The second kappa shape index (κ2) is 8.79. The van der Waals surface area contributed by atoms with Gasteiger partial charge in [0.2, 0.25) is 0 Å². The molecule has 0 heterocycles. The number of carbonyl (C=O) groups excluding carboxylic acids is 2. The number of hydrogen-bond acceptors (Lipinski definition) is 3. The number of amides is 4. The van der Waals surface area contributed by atoms with E-state index in [-0.39, 0.29) is 23.3 Å². The Labute approximate surface area is 112 Å². The molecule has 0 aromatic rings. The number of thioether (sulfide) groups is 1. The first-order valence-corrected chi connectivity index (χ1v) is 7.12. The zero-order valence-corrected chi connectivity index (χ0v) is 12.4. The highest BCUT2D eigenvalue weighted by molar-refractivity contribution is 8.13. The van der Waals surface area contributed by atoms with Crippen LogP contribution in [0.5, 0.6) is 0 Å². The fraction of sp³-hybridized carbons (Fsp3) is 0.727. The molecule has 0 aromatic carbocycles. The maximum atomic E-state index is 11.5. The first-order chi connectivity index (χ1) is 8.38. The monoisotopic (exact) mass is 274 g/mol. The molecule has 0 saturated heterocycles. The van der Waals surface area contributed by atoms with Crippen LogP contribution in [0, 0.1) is 0 Å². The molecule has 0 rings (SSSR count). The van der Waals surface area contributed by atoms with Crippen LogP contribution >= 0.6 is 11.8 Å². The van der Waals surface area contributed by atoms with Gasteiger partial charge in [0.05, 0.1) is 0 Å². The lowest BCUT2D eigenvalue weighted by Gasteiger charge is -2.11. The van der Waals surface area contributed by atoms with E-state index in [0.29, 0.717) is 0 Å². The zero-order valence-electron chi connectivity index (χ0n) is 11.5. The van der Waals surface area contributed by atoms with Crippen LogP contribution in [0.15, 0.2) is 4.99 Å². The Kier molecular flexibility index (Phi) is 8.19. The van der Waals surface area contributed by atoms with Crippen molar-refractivity contribution in [1.82, 2.24) is 16.0 Å². The van der Waals surface area contributed by atoms with E-state index < -0.39 is 6.03 Å². The fourth-order valence-corrected chi connectivity index (χ4v) is 1.33. The normalized spacial score (nSPS) is 13.1. The summed E-state index contributed by atoms with van der Waals surface area (Å²) in [4.78, 5) is 26.7. The van der Waals surface area contributed by atoms with Gasteiger partial charge >= 0.3 is 12.1 Å². The minimum atomic E-state index is -0.446. The molecule has 18 heavy (non-hydrogen) atoms.